The van der Waals surface area contributed by atoms with E-state index >= 15 is 0 Å². The molecule has 0 radical (unpaired) electrons. The Labute approximate surface area is 115 Å². The fraction of sp³-hybridized carbons (Fsp3) is 0.500. The third-order valence-electron chi connectivity index (χ3n) is 3.02. The summed E-state index contributed by atoms with van der Waals surface area (Å²) < 4.78 is 5.35. The van der Waals surface area contributed by atoms with E-state index in [0.29, 0.717) is 25.2 Å². The van der Waals surface area contributed by atoms with Crippen molar-refractivity contribution in [3.05, 3.63) is 17.8 Å². The third kappa shape index (κ3) is 3.41. The summed E-state index contributed by atoms with van der Waals surface area (Å²) in [5, 5.41) is 21.9. The Bertz CT molecular complexity index is 491. The number of nitrogens with zero attached hydrogens (tertiary/aromatic N) is 2. The maximum Gasteiger partial charge on any atom is 0.332 e. The zero-order valence-electron chi connectivity index (χ0n) is 11.0. The van der Waals surface area contributed by atoms with Gasteiger partial charge in [-0.2, -0.15) is 0 Å². The second kappa shape index (κ2) is 6.29. The summed E-state index contributed by atoms with van der Waals surface area (Å²) in [6.45, 7) is 0.456. The molecule has 2 heterocycles. The van der Waals surface area contributed by atoms with Crippen molar-refractivity contribution in [2.75, 3.05) is 18.9 Å². The summed E-state index contributed by atoms with van der Waals surface area (Å²) in [4.78, 5) is 22.0. The van der Waals surface area contributed by atoms with Crippen molar-refractivity contribution in [3.8, 4) is 0 Å². The molecule has 0 bridgehead atoms. The lowest BCUT2D eigenvalue weighted by molar-refractivity contribution is -0.149. The van der Waals surface area contributed by atoms with E-state index in [1.54, 1.807) is 12.1 Å². The first-order valence-electron chi connectivity index (χ1n) is 6.28. The maximum atomic E-state index is 11.3. The largest absolute Gasteiger partial charge is 0.479 e. The number of carbonyl (C=O) groups is 2. The molecular formula is C12H16N4O4. The van der Waals surface area contributed by atoms with Gasteiger partial charge in [-0.05, 0) is 25.0 Å². The van der Waals surface area contributed by atoms with Gasteiger partial charge in [-0.1, -0.05) is 0 Å². The van der Waals surface area contributed by atoms with E-state index in [0.717, 1.165) is 0 Å². The van der Waals surface area contributed by atoms with Gasteiger partial charge in [0, 0.05) is 13.6 Å². The van der Waals surface area contributed by atoms with Crippen LogP contribution < -0.4 is 10.6 Å². The molecule has 0 saturated carbocycles. The number of carboxylic acid groups (broad SMARTS) is 1. The van der Waals surface area contributed by atoms with Gasteiger partial charge in [0.05, 0.1) is 6.10 Å². The number of anilines is 1. The van der Waals surface area contributed by atoms with Gasteiger partial charge in [-0.3, -0.25) is 4.79 Å². The van der Waals surface area contributed by atoms with E-state index in [9.17, 15) is 9.59 Å². The molecular weight excluding hydrogens is 264 g/mol. The number of carboxylic acids is 1. The number of hydrogen-bond donors (Lipinski definition) is 3. The van der Waals surface area contributed by atoms with Crippen LogP contribution in [0.25, 0.3) is 0 Å². The van der Waals surface area contributed by atoms with Gasteiger partial charge in [0.25, 0.3) is 5.91 Å². The van der Waals surface area contributed by atoms with Crippen LogP contribution in [0.15, 0.2) is 12.1 Å². The quantitative estimate of drug-likeness (QED) is 0.689. The number of aliphatic carboxylic acids is 1. The van der Waals surface area contributed by atoms with Crippen molar-refractivity contribution in [1.82, 2.24) is 15.5 Å². The highest BCUT2D eigenvalue weighted by atomic mass is 16.5. The van der Waals surface area contributed by atoms with E-state index in [2.05, 4.69) is 20.8 Å². The first kappa shape index (κ1) is 14.2. The van der Waals surface area contributed by atoms with E-state index in [-0.39, 0.29) is 17.7 Å². The first-order chi connectivity index (χ1) is 9.60. The number of carbonyl (C=O) groups excluding carboxylic acids is 1. The van der Waals surface area contributed by atoms with Crippen LogP contribution in [0, 0.1) is 0 Å². The number of rotatable bonds is 5. The van der Waals surface area contributed by atoms with Gasteiger partial charge < -0.3 is 20.5 Å². The molecule has 2 atom stereocenters. The smallest absolute Gasteiger partial charge is 0.332 e. The topological polar surface area (TPSA) is 113 Å². The van der Waals surface area contributed by atoms with Crippen LogP contribution in [0.3, 0.4) is 0 Å². The molecule has 2 unspecified atom stereocenters. The van der Waals surface area contributed by atoms with Gasteiger partial charge in [0.2, 0.25) is 0 Å². The van der Waals surface area contributed by atoms with Crippen molar-refractivity contribution in [3.63, 3.8) is 0 Å². The molecule has 1 fully saturated rings. The molecule has 1 aromatic heterocycles. The Morgan fingerprint density at radius 2 is 2.20 bits per heavy atom. The van der Waals surface area contributed by atoms with Crippen LogP contribution in [0.2, 0.25) is 0 Å². The summed E-state index contributed by atoms with van der Waals surface area (Å²) in [6, 6.07) is 3.20. The lowest BCUT2D eigenvalue weighted by Crippen LogP contribution is -2.25. The molecule has 1 aliphatic rings. The molecule has 2 rings (SSSR count). The Morgan fingerprint density at radius 3 is 2.75 bits per heavy atom. The molecule has 8 heteroatoms. The summed E-state index contributed by atoms with van der Waals surface area (Å²) in [6.07, 6.45) is 0.330. The predicted octanol–water partition coefficient (Wildman–Crippen LogP) is -0.120. The summed E-state index contributed by atoms with van der Waals surface area (Å²) in [7, 11) is 1.52. The summed E-state index contributed by atoms with van der Waals surface area (Å²) in [5.41, 5.74) is 0.237. The van der Waals surface area contributed by atoms with Crippen LogP contribution in [0.1, 0.15) is 23.3 Å². The highest BCUT2D eigenvalue weighted by Gasteiger charge is 2.30. The van der Waals surface area contributed by atoms with Crippen molar-refractivity contribution in [1.29, 1.82) is 0 Å². The summed E-state index contributed by atoms with van der Waals surface area (Å²) in [5.74, 6) is -0.713. The maximum absolute atomic E-state index is 11.3. The monoisotopic (exact) mass is 280 g/mol. The molecule has 1 aliphatic heterocycles. The van der Waals surface area contributed by atoms with Gasteiger partial charge in [0.1, 0.15) is 5.82 Å². The molecule has 3 N–H and O–H groups in total. The number of ether oxygens (including phenoxy) is 1. The standard InChI is InChI=1S/C12H16N4O4/c1-13-11(17)8-3-5-10(16-15-8)14-6-7-2-4-9(20-7)12(18)19/h3,5,7,9H,2,4,6H2,1H3,(H,13,17)(H,14,16)(H,18,19). The van der Waals surface area contributed by atoms with Crippen LogP contribution in [-0.4, -0.2) is 53.0 Å². The van der Waals surface area contributed by atoms with Crippen LogP contribution in [0.5, 0.6) is 0 Å². The lowest BCUT2D eigenvalue weighted by atomic mass is 10.2. The second-order valence-electron chi connectivity index (χ2n) is 4.43. The fourth-order valence-corrected chi connectivity index (χ4v) is 1.93. The highest BCUT2D eigenvalue weighted by Crippen LogP contribution is 2.20. The van der Waals surface area contributed by atoms with Crippen molar-refractivity contribution in [2.45, 2.75) is 25.0 Å². The minimum atomic E-state index is -0.928. The molecule has 8 nitrogen and oxygen atoms in total. The average molecular weight is 280 g/mol. The van der Waals surface area contributed by atoms with Crippen molar-refractivity contribution in [2.24, 2.45) is 0 Å². The number of amides is 1. The molecule has 0 spiro atoms. The highest BCUT2D eigenvalue weighted by molar-refractivity contribution is 5.91. The van der Waals surface area contributed by atoms with E-state index in [1.807, 2.05) is 0 Å². The number of nitrogens with one attached hydrogen (secondary N) is 2. The Kier molecular flexibility index (Phi) is 4.46. The second-order valence-corrected chi connectivity index (χ2v) is 4.43. The predicted molar refractivity (Wildman–Crippen MR) is 69.4 cm³/mol. The molecule has 0 aliphatic carbocycles. The van der Waals surface area contributed by atoms with E-state index < -0.39 is 12.1 Å². The average Bonchev–Trinajstić information content (AvgIpc) is 2.94. The van der Waals surface area contributed by atoms with Crippen LogP contribution >= 0.6 is 0 Å². The van der Waals surface area contributed by atoms with Gasteiger partial charge in [-0.15, -0.1) is 10.2 Å². The molecule has 1 amide bonds. The first-order valence-corrected chi connectivity index (χ1v) is 6.28. The Hall–Kier alpha value is -2.22. The summed E-state index contributed by atoms with van der Waals surface area (Å²) >= 11 is 0. The molecule has 0 aromatic carbocycles. The third-order valence-corrected chi connectivity index (χ3v) is 3.02. The van der Waals surface area contributed by atoms with Crippen LogP contribution in [0.4, 0.5) is 5.82 Å². The van der Waals surface area contributed by atoms with Gasteiger partial charge in [0.15, 0.2) is 11.8 Å². The van der Waals surface area contributed by atoms with Gasteiger partial charge >= 0.3 is 5.97 Å². The molecule has 108 valence electrons. The van der Waals surface area contributed by atoms with E-state index in [1.165, 1.54) is 7.05 Å². The van der Waals surface area contributed by atoms with Gasteiger partial charge in [-0.25, -0.2) is 4.79 Å². The normalized spacial score (nSPS) is 21.4. The van der Waals surface area contributed by atoms with E-state index in [4.69, 9.17) is 9.84 Å². The molecule has 1 saturated heterocycles. The minimum absolute atomic E-state index is 0.156. The van der Waals surface area contributed by atoms with Crippen molar-refractivity contribution < 1.29 is 19.4 Å². The number of hydrogen-bond acceptors (Lipinski definition) is 6. The van der Waals surface area contributed by atoms with Crippen LogP contribution in [-0.2, 0) is 9.53 Å². The molecule has 1 aromatic rings. The SMILES string of the molecule is CNC(=O)c1ccc(NCC2CCC(C(=O)O)O2)nn1. The minimum Gasteiger partial charge on any atom is -0.479 e. The fourth-order valence-electron chi connectivity index (χ4n) is 1.93. The number of aromatic nitrogens is 2. The Morgan fingerprint density at radius 1 is 1.40 bits per heavy atom. The zero-order chi connectivity index (χ0) is 14.5. The zero-order valence-corrected chi connectivity index (χ0v) is 11.0. The Balaban J connectivity index is 1.83. The van der Waals surface area contributed by atoms with Crippen molar-refractivity contribution >= 4 is 17.7 Å². The molecule has 20 heavy (non-hydrogen) atoms. The lowest BCUT2D eigenvalue weighted by Gasteiger charge is -2.12.